The van der Waals surface area contributed by atoms with Gasteiger partial charge < -0.3 is 9.84 Å². The number of rotatable bonds is 7. The number of carbonyl (C=O) groups is 2. The van der Waals surface area contributed by atoms with E-state index in [4.69, 9.17) is 4.74 Å². The monoisotopic (exact) mass is 316 g/mol. The molecule has 4 nitrogen and oxygen atoms in total. The van der Waals surface area contributed by atoms with Crippen LogP contribution in [-0.4, -0.2) is 17.4 Å². The topological polar surface area (TPSA) is 63.6 Å². The van der Waals surface area contributed by atoms with Crippen LogP contribution in [0.1, 0.15) is 56.5 Å². The van der Waals surface area contributed by atoms with Crippen LogP contribution in [0.2, 0.25) is 0 Å². The molecule has 1 aromatic rings. The summed E-state index contributed by atoms with van der Waals surface area (Å²) in [6, 6.07) is 2.97. The first-order valence-corrected chi connectivity index (χ1v) is 7.62. The number of hydrogen-bond acceptors (Lipinski definition) is 4. The third-order valence-corrected chi connectivity index (χ3v) is 3.40. The van der Waals surface area contributed by atoms with Crippen molar-refractivity contribution in [2.45, 2.75) is 47.0 Å². The lowest BCUT2D eigenvalue weighted by Crippen LogP contribution is -2.05. The summed E-state index contributed by atoms with van der Waals surface area (Å²) in [4.78, 5) is 22.1. The highest BCUT2D eigenvalue weighted by Gasteiger charge is 2.14. The van der Waals surface area contributed by atoms with Gasteiger partial charge in [0, 0.05) is 12.5 Å². The molecule has 124 valence electrons. The van der Waals surface area contributed by atoms with Gasteiger partial charge in [-0.25, -0.2) is 0 Å². The van der Waals surface area contributed by atoms with Crippen LogP contribution in [0.5, 0.6) is 11.5 Å². The van der Waals surface area contributed by atoms with E-state index in [2.05, 4.69) is 19.9 Å². The molecule has 0 radical (unpaired) electrons. The van der Waals surface area contributed by atoms with E-state index in [-0.39, 0.29) is 17.1 Å². The zero-order valence-electron chi connectivity index (χ0n) is 14.2. The fourth-order valence-corrected chi connectivity index (χ4v) is 2.15. The minimum absolute atomic E-state index is 0.132. The van der Waals surface area contributed by atoms with Crippen molar-refractivity contribution in [1.82, 2.24) is 0 Å². The molecule has 0 atom stereocenters. The van der Waals surface area contributed by atoms with Crippen molar-refractivity contribution in [2.24, 2.45) is 0 Å². The minimum Gasteiger partial charge on any atom is -0.507 e. The molecule has 0 aliphatic carbocycles. The fraction of sp³-hybridized carbons (Fsp3) is 0.368. The highest BCUT2D eigenvalue weighted by molar-refractivity contribution is 5.81. The Bertz CT molecular complexity index is 635. The van der Waals surface area contributed by atoms with Gasteiger partial charge in [-0.1, -0.05) is 23.3 Å². The zero-order chi connectivity index (χ0) is 17.4. The van der Waals surface area contributed by atoms with Crippen molar-refractivity contribution in [3.05, 3.63) is 46.6 Å². The number of allylic oxidation sites excluding steroid dienone is 4. The lowest BCUT2D eigenvalue weighted by molar-refractivity contribution is -0.131. The number of hydrogen-bond donors (Lipinski definition) is 1. The predicted octanol–water partition coefficient (Wildman–Crippen LogP) is 4.37. The molecular formula is C19H24O4. The smallest absolute Gasteiger partial charge is 0.308 e. The summed E-state index contributed by atoms with van der Waals surface area (Å²) < 4.78 is 5.12. The van der Waals surface area contributed by atoms with Crippen molar-refractivity contribution >= 4 is 12.3 Å². The van der Waals surface area contributed by atoms with E-state index in [1.54, 1.807) is 0 Å². The van der Waals surface area contributed by atoms with Gasteiger partial charge in [0.2, 0.25) is 0 Å². The summed E-state index contributed by atoms with van der Waals surface area (Å²) in [7, 11) is 0. The first-order valence-electron chi connectivity index (χ1n) is 7.62. The lowest BCUT2D eigenvalue weighted by atomic mass is 10.0. The number of benzene rings is 1. The number of esters is 1. The maximum Gasteiger partial charge on any atom is 0.308 e. The Labute approximate surface area is 137 Å². The number of phenols is 1. The van der Waals surface area contributed by atoms with Crippen molar-refractivity contribution < 1.29 is 19.4 Å². The van der Waals surface area contributed by atoms with Crippen molar-refractivity contribution in [2.75, 3.05) is 0 Å². The number of aldehydes is 1. The molecule has 23 heavy (non-hydrogen) atoms. The van der Waals surface area contributed by atoms with Crippen LogP contribution in [-0.2, 0) is 11.2 Å². The Kier molecular flexibility index (Phi) is 7.26. The Morgan fingerprint density at radius 1 is 1.17 bits per heavy atom. The van der Waals surface area contributed by atoms with E-state index < -0.39 is 5.97 Å². The van der Waals surface area contributed by atoms with E-state index in [0.717, 1.165) is 12.8 Å². The Morgan fingerprint density at radius 2 is 1.87 bits per heavy atom. The van der Waals surface area contributed by atoms with Crippen LogP contribution < -0.4 is 4.74 Å². The summed E-state index contributed by atoms with van der Waals surface area (Å²) in [5, 5.41) is 10.2. The molecule has 0 saturated carbocycles. The van der Waals surface area contributed by atoms with Gasteiger partial charge in [0.25, 0.3) is 0 Å². The van der Waals surface area contributed by atoms with Gasteiger partial charge in [0.1, 0.15) is 11.5 Å². The molecule has 1 N–H and O–H groups in total. The van der Waals surface area contributed by atoms with Crippen LogP contribution in [0.4, 0.5) is 0 Å². The van der Waals surface area contributed by atoms with Crippen molar-refractivity contribution in [3.63, 3.8) is 0 Å². The Hall–Kier alpha value is -2.36. The number of phenolic OH excluding ortho intramolecular Hbond substituents is 1. The second-order valence-electron chi connectivity index (χ2n) is 5.77. The third-order valence-electron chi connectivity index (χ3n) is 3.40. The number of carbonyl (C=O) groups excluding carboxylic acids is 2. The van der Waals surface area contributed by atoms with Gasteiger partial charge in [-0.05, 0) is 52.2 Å². The molecular weight excluding hydrogens is 292 g/mol. The summed E-state index contributed by atoms with van der Waals surface area (Å²) in [6.07, 6.45) is 7.02. The molecule has 1 aromatic carbocycles. The zero-order valence-corrected chi connectivity index (χ0v) is 14.2. The predicted molar refractivity (Wildman–Crippen MR) is 90.9 cm³/mol. The summed E-state index contributed by atoms with van der Waals surface area (Å²) in [5.74, 6) is -0.310. The molecule has 0 spiro atoms. The Morgan fingerprint density at radius 3 is 2.43 bits per heavy atom. The maximum absolute atomic E-state index is 11.2. The van der Waals surface area contributed by atoms with Crippen LogP contribution in [0.3, 0.4) is 0 Å². The van der Waals surface area contributed by atoms with E-state index in [9.17, 15) is 14.7 Å². The molecule has 0 aliphatic rings. The third kappa shape index (κ3) is 6.10. The molecule has 0 unspecified atom stereocenters. The normalized spacial score (nSPS) is 11.0. The molecule has 0 saturated heterocycles. The SMILES string of the molecule is CC(=O)Oc1ccc(C=O)c(O)c1C/C=C(\C)CCC=C(C)C. The van der Waals surface area contributed by atoms with Crippen LogP contribution in [0, 0.1) is 0 Å². The molecule has 0 bridgehead atoms. The molecule has 1 rings (SSSR count). The fourth-order valence-electron chi connectivity index (χ4n) is 2.15. The van der Waals surface area contributed by atoms with Crippen molar-refractivity contribution in [3.8, 4) is 11.5 Å². The summed E-state index contributed by atoms with van der Waals surface area (Å²) in [6.45, 7) is 7.45. The molecule has 0 aliphatic heterocycles. The number of aromatic hydroxyl groups is 1. The molecule has 0 aromatic heterocycles. The van der Waals surface area contributed by atoms with Gasteiger partial charge in [0.05, 0.1) is 5.56 Å². The van der Waals surface area contributed by atoms with E-state index in [1.165, 1.54) is 30.2 Å². The quantitative estimate of drug-likeness (QED) is 0.351. The van der Waals surface area contributed by atoms with Gasteiger partial charge in [0.15, 0.2) is 6.29 Å². The second kappa shape index (κ2) is 8.93. The van der Waals surface area contributed by atoms with Crippen LogP contribution >= 0.6 is 0 Å². The largest absolute Gasteiger partial charge is 0.507 e. The highest BCUT2D eigenvalue weighted by atomic mass is 16.5. The average Bonchev–Trinajstić information content (AvgIpc) is 2.46. The average molecular weight is 316 g/mol. The van der Waals surface area contributed by atoms with E-state index >= 15 is 0 Å². The second-order valence-corrected chi connectivity index (χ2v) is 5.77. The lowest BCUT2D eigenvalue weighted by Gasteiger charge is -2.11. The first-order chi connectivity index (χ1) is 10.8. The standard InChI is InChI=1S/C19H24O4/c1-13(2)6-5-7-14(3)8-10-17-18(23-15(4)21)11-9-16(12-20)19(17)22/h6,8-9,11-12,22H,5,7,10H2,1-4H3/b14-8+. The number of ether oxygens (including phenoxy) is 1. The van der Waals surface area contributed by atoms with Crippen molar-refractivity contribution in [1.29, 1.82) is 0 Å². The molecule has 4 heteroatoms. The Balaban J connectivity index is 2.98. The van der Waals surface area contributed by atoms with Crippen LogP contribution in [0.15, 0.2) is 35.4 Å². The van der Waals surface area contributed by atoms with Gasteiger partial charge in [-0.15, -0.1) is 0 Å². The molecule has 0 fully saturated rings. The van der Waals surface area contributed by atoms with Crippen LogP contribution in [0.25, 0.3) is 0 Å². The summed E-state index contributed by atoms with van der Waals surface area (Å²) >= 11 is 0. The summed E-state index contributed by atoms with van der Waals surface area (Å²) in [5.41, 5.74) is 3.09. The molecule has 0 amide bonds. The first kappa shape index (κ1) is 18.7. The molecule has 0 heterocycles. The minimum atomic E-state index is -0.464. The maximum atomic E-state index is 11.2. The van der Waals surface area contributed by atoms with E-state index in [1.807, 2.05) is 13.0 Å². The van der Waals surface area contributed by atoms with Gasteiger partial charge >= 0.3 is 5.97 Å². The van der Waals surface area contributed by atoms with Gasteiger partial charge in [-0.3, -0.25) is 9.59 Å². The van der Waals surface area contributed by atoms with Gasteiger partial charge in [-0.2, -0.15) is 0 Å². The van der Waals surface area contributed by atoms with E-state index in [0.29, 0.717) is 18.3 Å². The highest BCUT2D eigenvalue weighted by Crippen LogP contribution is 2.32.